The number of thiophene rings is 1. The van der Waals surface area contributed by atoms with Crippen LogP contribution in [0.15, 0.2) is 54.0 Å². The lowest BCUT2D eigenvalue weighted by Crippen LogP contribution is -2.16. The van der Waals surface area contributed by atoms with E-state index in [1.165, 1.54) is 17.1 Å². The summed E-state index contributed by atoms with van der Waals surface area (Å²) in [5.74, 6) is 1.13. The first-order valence-electron chi connectivity index (χ1n) is 9.42. The van der Waals surface area contributed by atoms with Gasteiger partial charge < -0.3 is 20.5 Å². The fourth-order valence-corrected chi connectivity index (χ4v) is 3.23. The summed E-state index contributed by atoms with van der Waals surface area (Å²) in [6, 6.07) is 13.2. The molecule has 1 amide bonds. The molecule has 9 nitrogen and oxygen atoms in total. The molecule has 3 rings (SSSR count). The number of nitrogens with one attached hydrogen (secondary N) is 1. The van der Waals surface area contributed by atoms with Crippen molar-refractivity contribution in [2.24, 2.45) is 5.73 Å². The van der Waals surface area contributed by atoms with Crippen molar-refractivity contribution in [3.8, 4) is 17.2 Å². The molecule has 3 aromatic rings. The molecule has 0 aliphatic carbocycles. The molecule has 2 heterocycles. The zero-order valence-electron chi connectivity index (χ0n) is 17.6. The third kappa shape index (κ3) is 9.43. The number of nitrogens with two attached hydrogens (primary N) is 1. The van der Waals surface area contributed by atoms with Crippen LogP contribution in [0, 0.1) is 0 Å². The van der Waals surface area contributed by atoms with Gasteiger partial charge in [-0.1, -0.05) is 12.1 Å². The lowest BCUT2D eigenvalue weighted by molar-refractivity contribution is 0.0995. The molecular formula is C21H25N3O6S2. The first-order valence-corrected chi connectivity index (χ1v) is 12.1. The van der Waals surface area contributed by atoms with E-state index in [1.807, 2.05) is 18.2 Å². The Morgan fingerprint density at radius 2 is 1.97 bits per heavy atom. The van der Waals surface area contributed by atoms with Crippen molar-refractivity contribution in [3.05, 3.63) is 70.2 Å². The number of amides is 1. The molecule has 0 spiro atoms. The second-order valence-corrected chi connectivity index (χ2v) is 9.07. The fraction of sp³-hybridized carbons (Fsp3) is 0.238. The predicted molar refractivity (Wildman–Crippen MR) is 123 cm³/mol. The van der Waals surface area contributed by atoms with Crippen LogP contribution in [-0.4, -0.2) is 43.8 Å². The highest BCUT2D eigenvalue weighted by atomic mass is 32.2. The van der Waals surface area contributed by atoms with Crippen LogP contribution < -0.4 is 20.5 Å². The van der Waals surface area contributed by atoms with Crippen LogP contribution in [0.4, 0.5) is 0 Å². The van der Waals surface area contributed by atoms with Crippen LogP contribution in [-0.2, 0) is 23.1 Å². The summed E-state index contributed by atoms with van der Waals surface area (Å²) in [6.45, 7) is 1.66. The van der Waals surface area contributed by atoms with Crippen molar-refractivity contribution in [2.75, 3.05) is 19.9 Å². The number of methoxy groups -OCH3 is 1. The van der Waals surface area contributed by atoms with Gasteiger partial charge in [-0.15, -0.1) is 11.3 Å². The number of aromatic nitrogens is 1. The first kappa shape index (κ1) is 25.3. The van der Waals surface area contributed by atoms with Gasteiger partial charge in [-0.05, 0) is 47.7 Å². The number of rotatable bonds is 9. The number of carbonyl (C=O) groups is 1. The second-order valence-electron chi connectivity index (χ2n) is 6.57. The summed E-state index contributed by atoms with van der Waals surface area (Å²) in [4.78, 5) is 16.4. The topological polar surface area (TPSA) is 141 Å². The number of hydrogen-bond acceptors (Lipinski definition) is 8. The number of hydrogen-bond donors (Lipinski definition) is 3. The van der Waals surface area contributed by atoms with E-state index in [-0.39, 0.29) is 5.69 Å². The molecule has 0 aliphatic heterocycles. The fourth-order valence-electron chi connectivity index (χ4n) is 2.52. The van der Waals surface area contributed by atoms with Gasteiger partial charge in [0.15, 0.2) is 11.5 Å². The molecule has 0 saturated heterocycles. The minimum absolute atomic E-state index is 0.193. The van der Waals surface area contributed by atoms with Crippen molar-refractivity contribution in [2.45, 2.75) is 13.0 Å². The average molecular weight is 480 g/mol. The molecule has 0 radical (unpaired) electrons. The van der Waals surface area contributed by atoms with E-state index in [9.17, 15) is 13.2 Å². The molecule has 11 heteroatoms. The molecule has 0 unspecified atom stereocenters. The van der Waals surface area contributed by atoms with Crippen molar-refractivity contribution in [1.29, 1.82) is 0 Å². The van der Waals surface area contributed by atoms with Gasteiger partial charge in [-0.3, -0.25) is 9.35 Å². The van der Waals surface area contributed by atoms with Gasteiger partial charge in [0.2, 0.25) is 0 Å². The maximum absolute atomic E-state index is 11.1. The maximum atomic E-state index is 11.1. The molecule has 4 N–H and O–H groups in total. The summed E-state index contributed by atoms with van der Waals surface area (Å²) in [6.07, 6.45) is 3.19. The van der Waals surface area contributed by atoms with Crippen molar-refractivity contribution >= 4 is 27.4 Å². The van der Waals surface area contributed by atoms with Gasteiger partial charge >= 0.3 is 0 Å². The Kier molecular flexibility index (Phi) is 9.60. The molecule has 0 atom stereocenters. The number of pyridine rings is 1. The standard InChI is InChI=1S/C20H21N3O3S.CH4O3S/c1-25-19-11-14(12-22-9-8-16-3-2-10-27-16)4-7-18(19)26-15-5-6-17(20(21)24)23-13-15;1-5(2,3)4/h2-7,10-11,13,22H,8-9,12H2,1H3,(H2,21,24);1H3,(H,2,3,4). The van der Waals surface area contributed by atoms with Gasteiger partial charge in [0.05, 0.1) is 19.6 Å². The zero-order valence-corrected chi connectivity index (χ0v) is 19.3. The summed E-state index contributed by atoms with van der Waals surface area (Å²) in [7, 11) is -2.06. The van der Waals surface area contributed by atoms with Crippen LogP contribution in [0.25, 0.3) is 0 Å². The molecule has 2 aromatic heterocycles. The quantitative estimate of drug-likeness (QED) is 0.314. The van der Waals surface area contributed by atoms with E-state index in [1.54, 1.807) is 24.5 Å². The third-order valence-corrected chi connectivity index (χ3v) is 4.84. The van der Waals surface area contributed by atoms with E-state index >= 15 is 0 Å². The molecule has 32 heavy (non-hydrogen) atoms. The first-order chi connectivity index (χ1) is 15.2. The number of ether oxygens (including phenoxy) is 2. The lowest BCUT2D eigenvalue weighted by atomic mass is 10.2. The van der Waals surface area contributed by atoms with Crippen LogP contribution in [0.1, 0.15) is 20.9 Å². The molecular weight excluding hydrogens is 454 g/mol. The van der Waals surface area contributed by atoms with Gasteiger partial charge in [-0.2, -0.15) is 8.42 Å². The Morgan fingerprint density at radius 1 is 1.22 bits per heavy atom. The molecule has 0 saturated carbocycles. The van der Waals surface area contributed by atoms with Gasteiger partial charge in [0.25, 0.3) is 16.0 Å². The highest BCUT2D eigenvalue weighted by Gasteiger charge is 2.09. The number of nitrogens with zero attached hydrogens (tertiary/aromatic N) is 1. The van der Waals surface area contributed by atoms with Crippen LogP contribution in [0.5, 0.6) is 17.2 Å². The minimum atomic E-state index is -3.67. The van der Waals surface area contributed by atoms with Crippen molar-refractivity contribution < 1.29 is 27.2 Å². The number of primary amides is 1. The molecule has 1 aromatic carbocycles. The lowest BCUT2D eigenvalue weighted by Gasteiger charge is -2.12. The average Bonchev–Trinajstić information content (AvgIpc) is 3.25. The SMILES string of the molecule is COc1cc(CNCCc2cccs2)ccc1Oc1ccc(C(N)=O)nc1.CS(=O)(=O)O. The van der Waals surface area contributed by atoms with Gasteiger partial charge in [0.1, 0.15) is 11.4 Å². The van der Waals surface area contributed by atoms with Crippen molar-refractivity contribution in [3.63, 3.8) is 0 Å². The highest BCUT2D eigenvalue weighted by Crippen LogP contribution is 2.32. The molecule has 0 fully saturated rings. The molecule has 0 bridgehead atoms. The van der Waals surface area contributed by atoms with Gasteiger partial charge in [-0.25, -0.2) is 4.98 Å². The van der Waals surface area contributed by atoms with E-state index in [0.717, 1.165) is 25.1 Å². The van der Waals surface area contributed by atoms with Gasteiger partial charge in [0, 0.05) is 18.0 Å². The summed E-state index contributed by atoms with van der Waals surface area (Å²) >= 11 is 1.77. The Labute approximate surface area is 191 Å². The highest BCUT2D eigenvalue weighted by molar-refractivity contribution is 7.85. The Morgan fingerprint density at radius 3 is 2.53 bits per heavy atom. The minimum Gasteiger partial charge on any atom is -0.493 e. The van der Waals surface area contributed by atoms with E-state index in [2.05, 4.69) is 27.8 Å². The largest absolute Gasteiger partial charge is 0.493 e. The Hall–Kier alpha value is -2.99. The van der Waals surface area contributed by atoms with E-state index in [4.69, 9.17) is 19.8 Å². The van der Waals surface area contributed by atoms with Crippen LogP contribution in [0.3, 0.4) is 0 Å². The predicted octanol–water partition coefficient (Wildman–Crippen LogP) is 2.88. The normalized spacial score (nSPS) is 10.7. The molecule has 0 aliphatic rings. The summed E-state index contributed by atoms with van der Waals surface area (Å²) in [5.41, 5.74) is 6.49. The smallest absolute Gasteiger partial charge is 0.267 e. The third-order valence-electron chi connectivity index (χ3n) is 3.90. The Bertz CT molecular complexity index is 1090. The number of carbonyl (C=O) groups excluding carboxylic acids is 1. The second kappa shape index (κ2) is 12.2. The van der Waals surface area contributed by atoms with Crippen LogP contribution in [0.2, 0.25) is 0 Å². The Balaban J connectivity index is 0.000000654. The maximum Gasteiger partial charge on any atom is 0.267 e. The summed E-state index contributed by atoms with van der Waals surface area (Å²) in [5, 5.41) is 5.53. The van der Waals surface area contributed by atoms with E-state index < -0.39 is 16.0 Å². The molecule has 172 valence electrons. The zero-order chi connectivity index (χ0) is 23.6. The monoisotopic (exact) mass is 479 g/mol. The number of benzene rings is 1. The summed E-state index contributed by atoms with van der Waals surface area (Å²) < 4.78 is 37.1. The van der Waals surface area contributed by atoms with E-state index in [0.29, 0.717) is 23.5 Å². The van der Waals surface area contributed by atoms with Crippen LogP contribution >= 0.6 is 11.3 Å². The van der Waals surface area contributed by atoms with Crippen molar-refractivity contribution in [1.82, 2.24) is 10.3 Å².